The van der Waals surface area contributed by atoms with Gasteiger partial charge in [-0.2, -0.15) is 10.4 Å². The van der Waals surface area contributed by atoms with E-state index in [4.69, 9.17) is 5.10 Å². The highest BCUT2D eigenvalue weighted by atomic mass is 79.9. The molecule has 0 bridgehead atoms. The van der Waals surface area contributed by atoms with Crippen LogP contribution >= 0.6 is 15.9 Å². The van der Waals surface area contributed by atoms with E-state index in [1.165, 1.54) is 24.3 Å². The minimum absolute atomic E-state index is 0.0867. The van der Waals surface area contributed by atoms with E-state index in [2.05, 4.69) is 15.9 Å². The van der Waals surface area contributed by atoms with Gasteiger partial charge in [0.25, 0.3) is 11.8 Å². The number of carbonyl (C=O) groups excluding carboxylic acids is 2. The monoisotopic (exact) mass is 566 g/mol. The molecule has 38 heavy (non-hydrogen) atoms. The molecule has 1 aliphatic rings. The van der Waals surface area contributed by atoms with Crippen molar-refractivity contribution in [3.8, 4) is 23.0 Å². The summed E-state index contributed by atoms with van der Waals surface area (Å²) in [5, 5.41) is 14.6. The van der Waals surface area contributed by atoms with Gasteiger partial charge in [0, 0.05) is 27.4 Å². The molecule has 0 saturated heterocycles. The Morgan fingerprint density at radius 1 is 0.974 bits per heavy atom. The Bertz CT molecular complexity index is 1650. The minimum Gasteiger partial charge on any atom is -0.269 e. The molecule has 0 spiro atoms. The van der Waals surface area contributed by atoms with Crippen LogP contribution in [0.1, 0.15) is 18.1 Å². The van der Waals surface area contributed by atoms with Crippen molar-refractivity contribution < 1.29 is 14.0 Å². The van der Waals surface area contributed by atoms with E-state index in [1.54, 1.807) is 17.7 Å². The molecule has 0 fully saturated rings. The first-order valence-electron chi connectivity index (χ1n) is 11.7. The third-order valence-corrected chi connectivity index (χ3v) is 6.79. The van der Waals surface area contributed by atoms with Crippen LogP contribution in [0.15, 0.2) is 106 Å². The van der Waals surface area contributed by atoms with Crippen molar-refractivity contribution in [3.63, 3.8) is 0 Å². The zero-order valence-electron chi connectivity index (χ0n) is 20.2. The lowest BCUT2D eigenvalue weighted by atomic mass is 9.93. The van der Waals surface area contributed by atoms with Crippen molar-refractivity contribution >= 4 is 33.8 Å². The number of imide groups is 1. The fraction of sp³-hybridized carbons (Fsp3) is 0.0667. The number of halogens is 2. The van der Waals surface area contributed by atoms with E-state index in [0.717, 1.165) is 20.6 Å². The maximum absolute atomic E-state index is 13.6. The Labute approximate surface area is 227 Å². The van der Waals surface area contributed by atoms with Crippen molar-refractivity contribution in [2.24, 2.45) is 0 Å². The van der Waals surface area contributed by atoms with Crippen molar-refractivity contribution in [2.45, 2.75) is 13.5 Å². The Hall–Kier alpha value is -4.61. The van der Waals surface area contributed by atoms with Crippen LogP contribution in [0.5, 0.6) is 0 Å². The molecule has 6 nitrogen and oxygen atoms in total. The quantitative estimate of drug-likeness (QED) is 0.212. The Balaban J connectivity index is 1.64. The summed E-state index contributed by atoms with van der Waals surface area (Å²) in [5.41, 5.74) is 3.92. The van der Waals surface area contributed by atoms with E-state index in [1.807, 2.05) is 66.9 Å². The number of carbonyl (C=O) groups is 2. The number of rotatable bonds is 5. The SMILES string of the molecule is CC1=C(C#N)C(=O)N(Cc2ccc(F)cc2)C(=O)/C1=C/c1cn(-c2ccccc2)nc1-c1ccc(Br)cc1. The fourth-order valence-electron chi connectivity index (χ4n) is 4.24. The highest BCUT2D eigenvalue weighted by Gasteiger charge is 2.35. The average molecular weight is 567 g/mol. The van der Waals surface area contributed by atoms with Crippen LogP contribution in [0.3, 0.4) is 0 Å². The predicted octanol–water partition coefficient (Wildman–Crippen LogP) is 6.23. The average Bonchev–Trinajstić information content (AvgIpc) is 3.35. The summed E-state index contributed by atoms with van der Waals surface area (Å²) in [4.78, 5) is 27.7. The molecule has 2 amide bonds. The van der Waals surface area contributed by atoms with E-state index in [9.17, 15) is 19.2 Å². The minimum atomic E-state index is -0.676. The van der Waals surface area contributed by atoms with E-state index in [0.29, 0.717) is 22.4 Å². The third-order valence-electron chi connectivity index (χ3n) is 6.26. The van der Waals surface area contributed by atoms with Gasteiger partial charge >= 0.3 is 0 Å². The molecular weight excluding hydrogens is 547 g/mol. The number of hydrogen-bond acceptors (Lipinski definition) is 4. The zero-order valence-corrected chi connectivity index (χ0v) is 21.8. The van der Waals surface area contributed by atoms with Crippen LogP contribution in [-0.2, 0) is 16.1 Å². The summed E-state index contributed by atoms with van der Waals surface area (Å²) < 4.78 is 16.0. The van der Waals surface area contributed by atoms with Gasteiger partial charge in [-0.15, -0.1) is 0 Å². The van der Waals surface area contributed by atoms with Crippen LogP contribution in [-0.4, -0.2) is 26.5 Å². The van der Waals surface area contributed by atoms with Gasteiger partial charge < -0.3 is 0 Å². The summed E-state index contributed by atoms with van der Waals surface area (Å²) in [7, 11) is 0. The van der Waals surface area contributed by atoms with Gasteiger partial charge in [0.15, 0.2) is 0 Å². The Morgan fingerprint density at radius 3 is 2.32 bits per heavy atom. The highest BCUT2D eigenvalue weighted by Crippen LogP contribution is 2.32. The first-order valence-corrected chi connectivity index (χ1v) is 12.5. The van der Waals surface area contributed by atoms with Crippen molar-refractivity contribution in [2.75, 3.05) is 0 Å². The molecule has 0 aliphatic carbocycles. The highest BCUT2D eigenvalue weighted by molar-refractivity contribution is 9.10. The fourth-order valence-corrected chi connectivity index (χ4v) is 4.50. The number of benzene rings is 3. The second kappa shape index (κ2) is 10.4. The molecule has 3 aromatic carbocycles. The molecule has 0 atom stereocenters. The molecule has 0 radical (unpaired) electrons. The molecule has 0 unspecified atom stereocenters. The molecule has 5 rings (SSSR count). The number of hydrogen-bond donors (Lipinski definition) is 0. The topological polar surface area (TPSA) is 79.0 Å². The van der Waals surface area contributed by atoms with Crippen LogP contribution < -0.4 is 0 Å². The molecular formula is C30H20BrFN4O2. The molecule has 186 valence electrons. The standard InChI is InChI=1S/C30H20BrFN4O2/c1-19-26(29(37)35(30(38)27(19)16-33)17-20-7-13-24(32)14-8-20)15-22-18-36(25-5-3-2-4-6-25)34-28(22)21-9-11-23(31)12-10-21/h2-15,18H,17H2,1H3/b26-15+. The summed E-state index contributed by atoms with van der Waals surface area (Å²) >= 11 is 3.45. The number of nitrogens with zero attached hydrogens (tertiary/aromatic N) is 4. The number of para-hydroxylation sites is 1. The van der Waals surface area contributed by atoms with Gasteiger partial charge in [-0.05, 0) is 60.5 Å². The maximum Gasteiger partial charge on any atom is 0.271 e. The lowest BCUT2D eigenvalue weighted by molar-refractivity contribution is -0.141. The molecule has 1 aliphatic heterocycles. The normalized spacial score (nSPS) is 14.8. The van der Waals surface area contributed by atoms with Crippen LogP contribution in [0.2, 0.25) is 0 Å². The number of amides is 2. The zero-order chi connectivity index (χ0) is 26.8. The lowest BCUT2D eigenvalue weighted by Crippen LogP contribution is -2.42. The Kier molecular flexibility index (Phi) is 6.86. The third kappa shape index (κ3) is 4.84. The van der Waals surface area contributed by atoms with Crippen LogP contribution in [0.25, 0.3) is 23.0 Å². The van der Waals surface area contributed by atoms with E-state index >= 15 is 0 Å². The van der Waals surface area contributed by atoms with E-state index < -0.39 is 17.6 Å². The van der Waals surface area contributed by atoms with Gasteiger partial charge in [-0.25, -0.2) is 9.07 Å². The van der Waals surface area contributed by atoms with Gasteiger partial charge in [0.1, 0.15) is 17.5 Å². The lowest BCUT2D eigenvalue weighted by Gasteiger charge is -2.27. The second-order valence-electron chi connectivity index (χ2n) is 8.71. The van der Waals surface area contributed by atoms with Crippen LogP contribution in [0, 0.1) is 17.1 Å². The molecule has 8 heteroatoms. The predicted molar refractivity (Wildman–Crippen MR) is 145 cm³/mol. The first kappa shape index (κ1) is 25.1. The van der Waals surface area contributed by atoms with Gasteiger partial charge in [0.05, 0.1) is 17.9 Å². The summed E-state index contributed by atoms with van der Waals surface area (Å²) in [6, 6.07) is 24.7. The summed E-state index contributed by atoms with van der Waals surface area (Å²) in [6.45, 7) is 1.51. The molecule has 1 aromatic heterocycles. The maximum atomic E-state index is 13.6. The van der Waals surface area contributed by atoms with Gasteiger partial charge in [-0.3, -0.25) is 14.5 Å². The number of nitriles is 1. The Morgan fingerprint density at radius 2 is 1.66 bits per heavy atom. The molecule has 2 heterocycles. The summed E-state index contributed by atoms with van der Waals surface area (Å²) in [6.07, 6.45) is 3.48. The van der Waals surface area contributed by atoms with Gasteiger partial charge in [-0.1, -0.05) is 58.4 Å². The van der Waals surface area contributed by atoms with Gasteiger partial charge in [0.2, 0.25) is 0 Å². The molecule has 0 N–H and O–H groups in total. The molecule has 0 saturated carbocycles. The first-order chi connectivity index (χ1) is 18.4. The van der Waals surface area contributed by atoms with E-state index in [-0.39, 0.29) is 17.7 Å². The number of aromatic nitrogens is 2. The molecule has 4 aromatic rings. The van der Waals surface area contributed by atoms with Crippen molar-refractivity contribution in [3.05, 3.63) is 123 Å². The smallest absolute Gasteiger partial charge is 0.269 e. The van der Waals surface area contributed by atoms with Crippen LogP contribution in [0.4, 0.5) is 4.39 Å². The van der Waals surface area contributed by atoms with Crippen molar-refractivity contribution in [1.82, 2.24) is 14.7 Å². The van der Waals surface area contributed by atoms with Crippen molar-refractivity contribution in [1.29, 1.82) is 5.26 Å². The second-order valence-corrected chi connectivity index (χ2v) is 9.63. The summed E-state index contributed by atoms with van der Waals surface area (Å²) in [5.74, 6) is -1.63. The largest absolute Gasteiger partial charge is 0.271 e.